The molecule has 0 aliphatic heterocycles. The van der Waals surface area contributed by atoms with Gasteiger partial charge in [0.25, 0.3) is 0 Å². The largest absolute Gasteiger partial charge is 0.409 e. The van der Waals surface area contributed by atoms with E-state index in [1.807, 2.05) is 18.9 Å². The van der Waals surface area contributed by atoms with Crippen molar-refractivity contribution in [2.75, 3.05) is 18.5 Å². The van der Waals surface area contributed by atoms with E-state index >= 15 is 0 Å². The summed E-state index contributed by atoms with van der Waals surface area (Å²) in [6, 6.07) is 0. The number of nitrogens with zero attached hydrogens (tertiary/aromatic N) is 4. The molecule has 0 aliphatic carbocycles. The number of amidine groups is 1. The van der Waals surface area contributed by atoms with Crippen molar-refractivity contribution in [2.24, 2.45) is 10.9 Å². The van der Waals surface area contributed by atoms with Crippen molar-refractivity contribution < 1.29 is 5.21 Å². The summed E-state index contributed by atoms with van der Waals surface area (Å²) < 4.78 is 0. The highest BCUT2D eigenvalue weighted by Gasteiger charge is 2.04. The summed E-state index contributed by atoms with van der Waals surface area (Å²) in [6.45, 7) is 2.54. The van der Waals surface area contributed by atoms with Crippen LogP contribution in [0.5, 0.6) is 0 Å². The molecule has 15 heavy (non-hydrogen) atoms. The van der Waals surface area contributed by atoms with Gasteiger partial charge in [-0.25, -0.2) is 9.97 Å². The zero-order valence-corrected chi connectivity index (χ0v) is 8.88. The molecule has 0 radical (unpaired) electrons. The van der Waals surface area contributed by atoms with Crippen molar-refractivity contribution in [3.05, 3.63) is 18.0 Å². The van der Waals surface area contributed by atoms with E-state index < -0.39 is 0 Å². The lowest BCUT2D eigenvalue weighted by Gasteiger charge is -2.15. The summed E-state index contributed by atoms with van der Waals surface area (Å²) in [6.07, 6.45) is 3.98. The predicted octanol–water partition coefficient (Wildman–Crippen LogP) is 0.358. The van der Waals surface area contributed by atoms with E-state index in [-0.39, 0.29) is 5.84 Å². The first kappa shape index (κ1) is 11.2. The third-order valence-corrected chi connectivity index (χ3v) is 1.94. The lowest BCUT2D eigenvalue weighted by atomic mass is 10.4. The van der Waals surface area contributed by atoms with Gasteiger partial charge in [0.2, 0.25) is 5.95 Å². The van der Waals surface area contributed by atoms with Gasteiger partial charge in [0.05, 0.1) is 0 Å². The van der Waals surface area contributed by atoms with Gasteiger partial charge in [-0.2, -0.15) is 0 Å². The van der Waals surface area contributed by atoms with Crippen molar-refractivity contribution in [1.29, 1.82) is 0 Å². The molecule has 6 nitrogen and oxygen atoms in total. The summed E-state index contributed by atoms with van der Waals surface area (Å²) in [7, 11) is 1.86. The van der Waals surface area contributed by atoms with E-state index in [2.05, 4.69) is 15.1 Å². The minimum absolute atomic E-state index is 0.203. The standard InChI is InChI=1S/C9H15N5O/c1-7-5-11-9(12-6-7)14(2)4-3-8(10)13-15/h5-6,15H,3-4H2,1-2H3,(H2,10,13). The van der Waals surface area contributed by atoms with Crippen molar-refractivity contribution in [1.82, 2.24) is 9.97 Å². The summed E-state index contributed by atoms with van der Waals surface area (Å²) in [5.41, 5.74) is 6.37. The van der Waals surface area contributed by atoms with Crippen LogP contribution in [0.15, 0.2) is 17.5 Å². The second-order valence-corrected chi connectivity index (χ2v) is 3.32. The Balaban J connectivity index is 2.53. The molecule has 0 fully saturated rings. The molecule has 82 valence electrons. The van der Waals surface area contributed by atoms with Gasteiger partial charge in [-0.15, -0.1) is 0 Å². The van der Waals surface area contributed by atoms with E-state index in [0.717, 1.165) is 5.56 Å². The Kier molecular flexibility index (Phi) is 3.84. The SMILES string of the molecule is Cc1cnc(N(C)CCC(N)=NO)nc1. The smallest absolute Gasteiger partial charge is 0.225 e. The van der Waals surface area contributed by atoms with Crippen LogP contribution < -0.4 is 10.6 Å². The van der Waals surface area contributed by atoms with Crippen molar-refractivity contribution in [3.63, 3.8) is 0 Å². The van der Waals surface area contributed by atoms with Crippen LogP contribution in [-0.4, -0.2) is 34.6 Å². The summed E-state index contributed by atoms with van der Waals surface area (Å²) in [4.78, 5) is 10.2. The van der Waals surface area contributed by atoms with Crippen molar-refractivity contribution in [2.45, 2.75) is 13.3 Å². The number of aryl methyl sites for hydroxylation is 1. The van der Waals surface area contributed by atoms with E-state index in [4.69, 9.17) is 10.9 Å². The molecule has 0 atom stereocenters. The van der Waals surface area contributed by atoms with Crippen LogP contribution in [0.1, 0.15) is 12.0 Å². The molecule has 0 aliphatic rings. The Labute approximate surface area is 88.4 Å². The van der Waals surface area contributed by atoms with E-state index in [1.165, 1.54) is 0 Å². The first-order valence-corrected chi connectivity index (χ1v) is 4.59. The average molecular weight is 209 g/mol. The number of hydrogen-bond donors (Lipinski definition) is 2. The molecule has 1 rings (SSSR count). The number of hydrogen-bond acceptors (Lipinski definition) is 5. The lowest BCUT2D eigenvalue weighted by Crippen LogP contribution is -2.25. The van der Waals surface area contributed by atoms with Gasteiger partial charge in [-0.1, -0.05) is 5.16 Å². The number of rotatable bonds is 4. The Morgan fingerprint density at radius 1 is 1.53 bits per heavy atom. The van der Waals surface area contributed by atoms with Crippen LogP contribution in [-0.2, 0) is 0 Å². The minimum atomic E-state index is 0.203. The van der Waals surface area contributed by atoms with Crippen molar-refractivity contribution >= 4 is 11.8 Å². The van der Waals surface area contributed by atoms with Gasteiger partial charge in [0.15, 0.2) is 0 Å². The van der Waals surface area contributed by atoms with Crippen molar-refractivity contribution in [3.8, 4) is 0 Å². The van der Waals surface area contributed by atoms with Crippen LogP contribution in [0.25, 0.3) is 0 Å². The molecule has 0 aromatic carbocycles. The van der Waals surface area contributed by atoms with Crippen LogP contribution in [0.4, 0.5) is 5.95 Å². The highest BCUT2D eigenvalue weighted by atomic mass is 16.4. The molecule has 0 saturated carbocycles. The van der Waals surface area contributed by atoms with Gasteiger partial charge in [0.1, 0.15) is 5.84 Å². The third-order valence-electron chi connectivity index (χ3n) is 1.94. The van der Waals surface area contributed by atoms with Gasteiger partial charge in [-0.3, -0.25) is 0 Å². The maximum Gasteiger partial charge on any atom is 0.225 e. The fourth-order valence-corrected chi connectivity index (χ4v) is 1.02. The average Bonchev–Trinajstić information content (AvgIpc) is 2.26. The molecule has 0 amide bonds. The molecule has 3 N–H and O–H groups in total. The Bertz CT molecular complexity index is 335. The fourth-order valence-electron chi connectivity index (χ4n) is 1.02. The fraction of sp³-hybridized carbons (Fsp3) is 0.444. The zero-order chi connectivity index (χ0) is 11.3. The lowest BCUT2D eigenvalue weighted by molar-refractivity contribution is 0.317. The Hall–Kier alpha value is -1.85. The van der Waals surface area contributed by atoms with E-state index in [0.29, 0.717) is 18.9 Å². The van der Waals surface area contributed by atoms with E-state index in [9.17, 15) is 0 Å². The first-order chi connectivity index (χ1) is 7.13. The Morgan fingerprint density at radius 3 is 2.67 bits per heavy atom. The molecular formula is C9H15N5O. The zero-order valence-electron chi connectivity index (χ0n) is 8.88. The minimum Gasteiger partial charge on any atom is -0.409 e. The molecule has 1 heterocycles. The molecular weight excluding hydrogens is 194 g/mol. The van der Waals surface area contributed by atoms with Gasteiger partial charge in [-0.05, 0) is 12.5 Å². The maximum absolute atomic E-state index is 8.37. The number of aromatic nitrogens is 2. The topological polar surface area (TPSA) is 87.6 Å². The van der Waals surface area contributed by atoms with Crippen LogP contribution >= 0.6 is 0 Å². The highest BCUT2D eigenvalue weighted by Crippen LogP contribution is 2.04. The van der Waals surface area contributed by atoms with Gasteiger partial charge in [0, 0.05) is 32.4 Å². The summed E-state index contributed by atoms with van der Waals surface area (Å²) >= 11 is 0. The maximum atomic E-state index is 8.37. The Morgan fingerprint density at radius 2 is 2.13 bits per heavy atom. The molecule has 0 bridgehead atoms. The van der Waals surface area contributed by atoms with Gasteiger partial charge >= 0.3 is 0 Å². The molecule has 0 spiro atoms. The normalized spacial score (nSPS) is 11.5. The molecule has 6 heteroatoms. The third kappa shape index (κ3) is 3.41. The molecule has 1 aromatic heterocycles. The number of anilines is 1. The van der Waals surface area contributed by atoms with E-state index in [1.54, 1.807) is 12.4 Å². The van der Waals surface area contributed by atoms with Crippen LogP contribution in [0.2, 0.25) is 0 Å². The summed E-state index contributed by atoms with van der Waals surface area (Å²) in [5, 5.41) is 11.3. The van der Waals surface area contributed by atoms with Crippen LogP contribution in [0.3, 0.4) is 0 Å². The highest BCUT2D eigenvalue weighted by molar-refractivity contribution is 5.80. The number of nitrogens with two attached hydrogens (primary N) is 1. The van der Waals surface area contributed by atoms with Crippen LogP contribution in [0, 0.1) is 6.92 Å². The molecule has 1 aromatic rings. The quantitative estimate of drug-likeness (QED) is 0.323. The second-order valence-electron chi connectivity index (χ2n) is 3.32. The van der Waals surface area contributed by atoms with Gasteiger partial charge < -0.3 is 15.8 Å². The molecule has 0 unspecified atom stereocenters. The monoisotopic (exact) mass is 209 g/mol. The summed E-state index contributed by atoms with van der Waals surface area (Å²) in [5.74, 6) is 0.834. The first-order valence-electron chi connectivity index (χ1n) is 4.59. The predicted molar refractivity (Wildman–Crippen MR) is 58.1 cm³/mol. The number of oxime groups is 1. The molecule has 0 saturated heterocycles. The second kappa shape index (κ2) is 5.14.